The van der Waals surface area contributed by atoms with E-state index < -0.39 is 16.1 Å². The summed E-state index contributed by atoms with van der Waals surface area (Å²) in [6.45, 7) is 6.67. The number of amides is 1. The van der Waals surface area contributed by atoms with Crippen LogP contribution in [0.3, 0.4) is 0 Å². The van der Waals surface area contributed by atoms with Gasteiger partial charge < -0.3 is 15.6 Å². The van der Waals surface area contributed by atoms with Gasteiger partial charge in [0.2, 0.25) is 15.9 Å². The Kier molecular flexibility index (Phi) is 8.13. The molecule has 0 aliphatic rings. The molecular weight excluding hydrogens is 500 g/mol. The van der Waals surface area contributed by atoms with Gasteiger partial charge in [-0.1, -0.05) is 38.1 Å². The highest BCUT2D eigenvalue weighted by atomic mass is 32.2. The van der Waals surface area contributed by atoms with E-state index in [1.54, 1.807) is 48.8 Å². The molecule has 4 aromatic rings. The first-order valence-corrected chi connectivity index (χ1v) is 14.0. The van der Waals surface area contributed by atoms with Crippen LogP contribution in [0.2, 0.25) is 0 Å². The highest BCUT2D eigenvalue weighted by molar-refractivity contribution is 7.89. The molecule has 1 amide bonds. The minimum atomic E-state index is -3.92. The number of carbonyl (C=O) groups is 1. The molecule has 0 saturated carbocycles. The maximum atomic E-state index is 13.5. The molecule has 2 heterocycles. The molecule has 0 saturated heterocycles. The van der Waals surface area contributed by atoms with E-state index in [1.807, 2.05) is 39.0 Å². The summed E-state index contributed by atoms with van der Waals surface area (Å²) in [7, 11) is -2.45. The fourth-order valence-corrected chi connectivity index (χ4v) is 5.79. The van der Waals surface area contributed by atoms with Gasteiger partial charge in [-0.25, -0.2) is 13.4 Å². The molecule has 0 spiro atoms. The van der Waals surface area contributed by atoms with Gasteiger partial charge in [0.05, 0.1) is 16.6 Å². The van der Waals surface area contributed by atoms with Crippen molar-refractivity contribution in [2.45, 2.75) is 51.2 Å². The molecule has 0 aliphatic heterocycles. The highest BCUT2D eigenvalue weighted by Gasteiger charge is 2.33. The first-order chi connectivity index (χ1) is 18.1. The second-order valence-electron chi connectivity index (χ2n) is 9.88. The fourth-order valence-electron chi connectivity index (χ4n) is 4.46. The van der Waals surface area contributed by atoms with E-state index in [2.05, 4.69) is 19.9 Å². The number of anilines is 1. The molecule has 200 valence electrons. The molecular formula is C28H34N6O3S. The van der Waals surface area contributed by atoms with Gasteiger partial charge in [0.1, 0.15) is 17.4 Å². The molecule has 10 heteroatoms. The van der Waals surface area contributed by atoms with E-state index in [9.17, 15) is 13.2 Å². The van der Waals surface area contributed by atoms with E-state index in [4.69, 9.17) is 5.73 Å². The third kappa shape index (κ3) is 6.03. The summed E-state index contributed by atoms with van der Waals surface area (Å²) in [6.07, 6.45) is 3.84. The normalized spacial score (nSPS) is 12.8. The largest absolute Gasteiger partial charge is 0.399 e. The highest BCUT2D eigenvalue weighted by Crippen LogP contribution is 2.23. The van der Waals surface area contributed by atoms with E-state index in [0.717, 1.165) is 28.0 Å². The van der Waals surface area contributed by atoms with Gasteiger partial charge in [-0.05, 0) is 60.7 Å². The molecule has 0 aliphatic carbocycles. The van der Waals surface area contributed by atoms with Crippen LogP contribution in [-0.4, -0.2) is 46.3 Å². The van der Waals surface area contributed by atoms with Gasteiger partial charge in [0, 0.05) is 32.0 Å². The predicted octanol–water partition coefficient (Wildman–Crippen LogP) is 3.72. The van der Waals surface area contributed by atoms with Gasteiger partial charge in [0.15, 0.2) is 0 Å². The van der Waals surface area contributed by atoms with Crippen LogP contribution in [0.15, 0.2) is 71.9 Å². The number of aryl methyl sites for hydroxylation is 1. The number of aromatic nitrogens is 3. The van der Waals surface area contributed by atoms with Crippen molar-refractivity contribution >= 4 is 32.7 Å². The number of carbonyl (C=O) groups excluding carboxylic acids is 1. The van der Waals surface area contributed by atoms with Crippen LogP contribution in [0.5, 0.6) is 0 Å². The Hall–Kier alpha value is -3.76. The number of hydrogen-bond acceptors (Lipinski definition) is 6. The Morgan fingerprint density at radius 1 is 1.11 bits per heavy atom. The number of sulfonamides is 1. The lowest BCUT2D eigenvalue weighted by Gasteiger charge is -2.28. The SMILES string of the molecule is Cc1nc2cnccc2n1Cc1ccc(S(=O)(=O)N(C)[C@@H](CC(C)C)C(=O)NCc2cccc(N)c2)cc1. The molecule has 0 bridgehead atoms. The summed E-state index contributed by atoms with van der Waals surface area (Å²) in [6, 6.07) is 15.1. The summed E-state index contributed by atoms with van der Waals surface area (Å²) < 4.78 is 30.3. The summed E-state index contributed by atoms with van der Waals surface area (Å²) in [4.78, 5) is 22.0. The van der Waals surface area contributed by atoms with Crippen molar-refractivity contribution in [3.8, 4) is 0 Å². The van der Waals surface area contributed by atoms with Crippen LogP contribution in [-0.2, 0) is 27.9 Å². The summed E-state index contributed by atoms with van der Waals surface area (Å²) in [5.41, 5.74) is 10.0. The maximum absolute atomic E-state index is 13.5. The topological polar surface area (TPSA) is 123 Å². The summed E-state index contributed by atoms with van der Waals surface area (Å²) >= 11 is 0. The molecule has 0 radical (unpaired) electrons. The van der Waals surface area contributed by atoms with Gasteiger partial charge in [-0.3, -0.25) is 9.78 Å². The van der Waals surface area contributed by atoms with Crippen LogP contribution >= 0.6 is 0 Å². The molecule has 2 aromatic carbocycles. The lowest BCUT2D eigenvalue weighted by molar-refractivity contribution is -0.125. The average molecular weight is 535 g/mol. The van der Waals surface area contributed by atoms with Crippen molar-refractivity contribution in [1.82, 2.24) is 24.2 Å². The Bertz CT molecular complexity index is 1530. The number of imidazole rings is 1. The standard InChI is InChI=1S/C28H34N6O3S/c1-19(2)14-27(28(35)31-16-22-6-5-7-23(29)15-22)33(4)38(36,37)24-10-8-21(9-11-24)18-34-20(3)32-25-17-30-13-12-26(25)34/h5-13,15,17,19,27H,14,16,18,29H2,1-4H3,(H,31,35)/t27-/m0/s1. The molecule has 38 heavy (non-hydrogen) atoms. The number of pyridine rings is 1. The number of rotatable bonds is 10. The first kappa shape index (κ1) is 27.3. The van der Waals surface area contributed by atoms with Gasteiger partial charge >= 0.3 is 0 Å². The number of nitrogens with two attached hydrogens (primary N) is 1. The van der Waals surface area contributed by atoms with Crippen LogP contribution in [0.25, 0.3) is 11.0 Å². The quantitative estimate of drug-likeness (QED) is 0.299. The van der Waals surface area contributed by atoms with E-state index >= 15 is 0 Å². The average Bonchev–Trinajstić information content (AvgIpc) is 3.20. The zero-order valence-electron chi connectivity index (χ0n) is 22.1. The maximum Gasteiger partial charge on any atom is 0.243 e. The van der Waals surface area contributed by atoms with Crippen molar-refractivity contribution in [3.63, 3.8) is 0 Å². The number of likely N-dealkylation sites (N-methyl/N-ethyl adjacent to an activating group) is 1. The minimum Gasteiger partial charge on any atom is -0.399 e. The van der Waals surface area contributed by atoms with Crippen molar-refractivity contribution in [1.29, 1.82) is 0 Å². The van der Waals surface area contributed by atoms with Crippen LogP contribution in [0.1, 0.15) is 37.2 Å². The minimum absolute atomic E-state index is 0.113. The van der Waals surface area contributed by atoms with E-state index in [1.165, 1.54) is 11.4 Å². The lowest BCUT2D eigenvalue weighted by atomic mass is 10.0. The Morgan fingerprint density at radius 2 is 1.84 bits per heavy atom. The second kappa shape index (κ2) is 11.3. The zero-order valence-corrected chi connectivity index (χ0v) is 22.9. The molecule has 1 atom stereocenters. The Balaban J connectivity index is 1.51. The van der Waals surface area contributed by atoms with Crippen molar-refractivity contribution in [3.05, 3.63) is 83.9 Å². The third-order valence-corrected chi connectivity index (χ3v) is 8.42. The monoisotopic (exact) mass is 534 g/mol. The van der Waals surface area contributed by atoms with E-state index in [-0.39, 0.29) is 23.3 Å². The predicted molar refractivity (Wildman–Crippen MR) is 149 cm³/mol. The first-order valence-electron chi connectivity index (χ1n) is 12.5. The van der Waals surface area contributed by atoms with E-state index in [0.29, 0.717) is 18.7 Å². The van der Waals surface area contributed by atoms with Crippen LogP contribution in [0, 0.1) is 12.8 Å². The van der Waals surface area contributed by atoms with Gasteiger partial charge in [-0.2, -0.15) is 4.31 Å². The molecule has 9 nitrogen and oxygen atoms in total. The smallest absolute Gasteiger partial charge is 0.243 e. The Morgan fingerprint density at radius 3 is 2.53 bits per heavy atom. The van der Waals surface area contributed by atoms with Crippen LogP contribution < -0.4 is 11.1 Å². The Labute approximate surface area is 223 Å². The molecule has 0 unspecified atom stereocenters. The number of nitrogens with zero attached hydrogens (tertiary/aromatic N) is 4. The van der Waals surface area contributed by atoms with Gasteiger partial charge in [-0.15, -0.1) is 0 Å². The van der Waals surface area contributed by atoms with Crippen molar-refractivity contribution in [2.75, 3.05) is 12.8 Å². The second-order valence-corrected chi connectivity index (χ2v) is 11.9. The zero-order chi connectivity index (χ0) is 27.4. The fraction of sp³-hybridized carbons (Fsp3) is 0.321. The van der Waals surface area contributed by atoms with Crippen molar-refractivity contribution in [2.24, 2.45) is 5.92 Å². The van der Waals surface area contributed by atoms with Gasteiger partial charge in [0.25, 0.3) is 0 Å². The summed E-state index contributed by atoms with van der Waals surface area (Å²) in [5.74, 6) is 0.618. The molecule has 0 fully saturated rings. The molecule has 4 rings (SSSR count). The molecule has 2 aromatic heterocycles. The lowest BCUT2D eigenvalue weighted by Crippen LogP contribution is -2.48. The summed E-state index contributed by atoms with van der Waals surface area (Å²) in [5, 5.41) is 2.88. The third-order valence-electron chi connectivity index (χ3n) is 6.54. The number of nitrogen functional groups attached to an aromatic ring is 1. The number of benzene rings is 2. The number of fused-ring (bicyclic) bond motifs is 1. The molecule has 3 N–H and O–H groups in total. The number of nitrogens with one attached hydrogen (secondary N) is 1. The van der Waals surface area contributed by atoms with Crippen LogP contribution in [0.4, 0.5) is 5.69 Å². The van der Waals surface area contributed by atoms with Crippen molar-refractivity contribution < 1.29 is 13.2 Å². The number of hydrogen-bond donors (Lipinski definition) is 2.